The molecule has 5 heteroatoms. The second-order valence-corrected chi connectivity index (χ2v) is 6.72. The molecular weight excluding hydrogens is 324 g/mol. The number of nitrogens with zero attached hydrogens (tertiary/aromatic N) is 3. The van der Waals surface area contributed by atoms with E-state index in [-0.39, 0.29) is 11.9 Å². The molecule has 5 nitrogen and oxygen atoms in total. The minimum atomic E-state index is 0.0979. The molecule has 0 aliphatic rings. The molecule has 142 valence electrons. The van der Waals surface area contributed by atoms with Crippen LogP contribution in [-0.2, 0) is 18.3 Å². The van der Waals surface area contributed by atoms with Crippen molar-refractivity contribution in [1.29, 1.82) is 0 Å². The zero-order valence-electron chi connectivity index (χ0n) is 16.7. The number of likely N-dealkylation sites (N-methyl/N-ethyl adjacent to an activating group) is 1. The van der Waals surface area contributed by atoms with Crippen molar-refractivity contribution in [3.63, 3.8) is 0 Å². The molecule has 0 bridgehead atoms. The number of aromatic nitrogens is 2. The normalized spacial score (nSPS) is 12.4. The predicted octanol–water partition coefficient (Wildman–Crippen LogP) is 3.17. The highest BCUT2D eigenvalue weighted by molar-refractivity contribution is 5.76. The molecule has 0 spiro atoms. The Balaban J connectivity index is 1.96. The van der Waals surface area contributed by atoms with Crippen LogP contribution < -0.4 is 5.32 Å². The number of rotatable bonds is 9. The summed E-state index contributed by atoms with van der Waals surface area (Å²) in [6.07, 6.45) is 1.23. The molecule has 1 unspecified atom stereocenters. The minimum Gasteiger partial charge on any atom is -0.354 e. The summed E-state index contributed by atoms with van der Waals surface area (Å²) >= 11 is 0. The topological polar surface area (TPSA) is 50.2 Å². The summed E-state index contributed by atoms with van der Waals surface area (Å²) in [4.78, 5) is 14.8. The average molecular weight is 357 g/mol. The second kappa shape index (κ2) is 9.53. The van der Waals surface area contributed by atoms with Gasteiger partial charge in [0.1, 0.15) is 0 Å². The SMILES string of the molecule is CCN(CC)C(CNC(=O)CCc1c(C)nn(C)c1C)c1ccccc1. The van der Waals surface area contributed by atoms with E-state index in [9.17, 15) is 4.79 Å². The Labute approximate surface area is 157 Å². The van der Waals surface area contributed by atoms with Gasteiger partial charge in [0.15, 0.2) is 0 Å². The van der Waals surface area contributed by atoms with E-state index >= 15 is 0 Å². The van der Waals surface area contributed by atoms with Gasteiger partial charge in [-0.15, -0.1) is 0 Å². The molecule has 0 radical (unpaired) electrons. The fourth-order valence-electron chi connectivity index (χ4n) is 3.51. The number of hydrogen-bond acceptors (Lipinski definition) is 3. The summed E-state index contributed by atoms with van der Waals surface area (Å²) in [5.41, 5.74) is 4.59. The van der Waals surface area contributed by atoms with Crippen molar-refractivity contribution in [2.24, 2.45) is 7.05 Å². The van der Waals surface area contributed by atoms with E-state index < -0.39 is 0 Å². The van der Waals surface area contributed by atoms with Crippen molar-refractivity contribution in [1.82, 2.24) is 20.0 Å². The first-order chi connectivity index (χ1) is 12.5. The largest absolute Gasteiger partial charge is 0.354 e. The average Bonchev–Trinajstić information content (AvgIpc) is 2.89. The number of hydrogen-bond donors (Lipinski definition) is 1. The van der Waals surface area contributed by atoms with E-state index in [0.29, 0.717) is 13.0 Å². The van der Waals surface area contributed by atoms with Gasteiger partial charge in [0.05, 0.1) is 11.7 Å². The lowest BCUT2D eigenvalue weighted by atomic mass is 10.0. The molecule has 0 fully saturated rings. The highest BCUT2D eigenvalue weighted by atomic mass is 16.1. The minimum absolute atomic E-state index is 0.0979. The molecule has 1 atom stereocenters. The first-order valence-corrected chi connectivity index (χ1v) is 9.52. The lowest BCUT2D eigenvalue weighted by Crippen LogP contribution is -2.38. The third-order valence-electron chi connectivity index (χ3n) is 5.19. The van der Waals surface area contributed by atoms with Gasteiger partial charge in [0.2, 0.25) is 5.91 Å². The maximum absolute atomic E-state index is 12.4. The van der Waals surface area contributed by atoms with Gasteiger partial charge in [-0.25, -0.2) is 0 Å². The van der Waals surface area contributed by atoms with Crippen molar-refractivity contribution in [3.05, 3.63) is 52.8 Å². The van der Waals surface area contributed by atoms with Crippen LogP contribution in [0.15, 0.2) is 30.3 Å². The van der Waals surface area contributed by atoms with Gasteiger partial charge in [-0.05, 0) is 44.5 Å². The molecule has 0 aliphatic heterocycles. The highest BCUT2D eigenvalue weighted by Crippen LogP contribution is 2.19. The highest BCUT2D eigenvalue weighted by Gasteiger charge is 2.19. The van der Waals surface area contributed by atoms with Crippen LogP contribution in [0.5, 0.6) is 0 Å². The van der Waals surface area contributed by atoms with E-state index in [1.165, 1.54) is 11.1 Å². The fraction of sp³-hybridized carbons (Fsp3) is 0.524. The second-order valence-electron chi connectivity index (χ2n) is 6.72. The molecule has 26 heavy (non-hydrogen) atoms. The maximum atomic E-state index is 12.4. The third-order valence-corrected chi connectivity index (χ3v) is 5.19. The van der Waals surface area contributed by atoms with Gasteiger partial charge in [0, 0.05) is 25.7 Å². The zero-order valence-corrected chi connectivity index (χ0v) is 16.7. The molecule has 1 heterocycles. The maximum Gasteiger partial charge on any atom is 0.220 e. The van der Waals surface area contributed by atoms with Crippen LogP contribution in [0.1, 0.15) is 48.8 Å². The number of carbonyl (C=O) groups excluding carboxylic acids is 1. The van der Waals surface area contributed by atoms with Crippen molar-refractivity contribution in [3.8, 4) is 0 Å². The van der Waals surface area contributed by atoms with Crippen LogP contribution in [0.3, 0.4) is 0 Å². The van der Waals surface area contributed by atoms with E-state index in [4.69, 9.17) is 0 Å². The molecular formula is C21H32N4O. The lowest BCUT2D eigenvalue weighted by molar-refractivity contribution is -0.121. The molecule has 0 aliphatic carbocycles. The van der Waals surface area contributed by atoms with Gasteiger partial charge in [-0.1, -0.05) is 44.2 Å². The van der Waals surface area contributed by atoms with Gasteiger partial charge in [-0.3, -0.25) is 14.4 Å². The Morgan fingerprint density at radius 2 is 1.85 bits per heavy atom. The number of amides is 1. The summed E-state index contributed by atoms with van der Waals surface area (Å²) in [5.74, 6) is 0.0979. The smallest absolute Gasteiger partial charge is 0.220 e. The monoisotopic (exact) mass is 356 g/mol. The molecule has 0 saturated carbocycles. The molecule has 1 amide bonds. The zero-order chi connectivity index (χ0) is 19.1. The van der Waals surface area contributed by atoms with Crippen LogP contribution in [0, 0.1) is 13.8 Å². The molecule has 2 rings (SSSR count). The van der Waals surface area contributed by atoms with Crippen LogP contribution in [0.25, 0.3) is 0 Å². The van der Waals surface area contributed by atoms with Crippen LogP contribution in [0.4, 0.5) is 0 Å². The van der Waals surface area contributed by atoms with E-state index in [0.717, 1.165) is 30.9 Å². The molecule has 1 aromatic heterocycles. The quantitative estimate of drug-likeness (QED) is 0.751. The summed E-state index contributed by atoms with van der Waals surface area (Å²) in [6.45, 7) is 10.9. The summed E-state index contributed by atoms with van der Waals surface area (Å²) in [7, 11) is 1.94. The van der Waals surface area contributed by atoms with Crippen LogP contribution in [-0.4, -0.2) is 40.2 Å². The van der Waals surface area contributed by atoms with Crippen molar-refractivity contribution >= 4 is 5.91 Å². The standard InChI is InChI=1S/C21H32N4O/c1-6-25(7-2)20(18-11-9-8-10-12-18)15-22-21(26)14-13-19-16(3)23-24(5)17(19)4/h8-12,20H,6-7,13-15H2,1-5H3,(H,22,26). The molecule has 2 aromatic rings. The van der Waals surface area contributed by atoms with Crippen LogP contribution >= 0.6 is 0 Å². The number of nitrogens with one attached hydrogen (secondary N) is 1. The Morgan fingerprint density at radius 3 is 2.38 bits per heavy atom. The van der Waals surface area contributed by atoms with Gasteiger partial charge in [0.25, 0.3) is 0 Å². The van der Waals surface area contributed by atoms with Crippen molar-refractivity contribution in [2.75, 3.05) is 19.6 Å². The van der Waals surface area contributed by atoms with E-state index in [1.54, 1.807) is 0 Å². The number of aryl methyl sites for hydroxylation is 2. The van der Waals surface area contributed by atoms with Gasteiger partial charge >= 0.3 is 0 Å². The first-order valence-electron chi connectivity index (χ1n) is 9.52. The predicted molar refractivity (Wildman–Crippen MR) is 106 cm³/mol. The summed E-state index contributed by atoms with van der Waals surface area (Å²) in [5, 5.41) is 7.56. The molecule has 1 aromatic carbocycles. The van der Waals surface area contributed by atoms with Gasteiger partial charge in [-0.2, -0.15) is 5.10 Å². The van der Waals surface area contributed by atoms with E-state index in [2.05, 4.69) is 60.4 Å². The van der Waals surface area contributed by atoms with E-state index in [1.807, 2.05) is 24.7 Å². The number of carbonyl (C=O) groups is 1. The van der Waals surface area contributed by atoms with Crippen molar-refractivity contribution in [2.45, 2.75) is 46.6 Å². The van der Waals surface area contributed by atoms with Gasteiger partial charge < -0.3 is 5.32 Å². The first kappa shape index (κ1) is 20.2. The Hall–Kier alpha value is -2.14. The summed E-state index contributed by atoms with van der Waals surface area (Å²) < 4.78 is 1.88. The third kappa shape index (κ3) is 4.94. The Kier molecular flexibility index (Phi) is 7.39. The fourth-order valence-corrected chi connectivity index (χ4v) is 3.51. The molecule has 1 N–H and O–H groups in total. The summed E-state index contributed by atoms with van der Waals surface area (Å²) in [6, 6.07) is 10.6. The number of benzene rings is 1. The van der Waals surface area contributed by atoms with Crippen molar-refractivity contribution < 1.29 is 4.79 Å². The Morgan fingerprint density at radius 1 is 1.19 bits per heavy atom. The molecule has 0 saturated heterocycles. The van der Waals surface area contributed by atoms with Crippen LogP contribution in [0.2, 0.25) is 0 Å². The Bertz CT molecular complexity index is 704. The lowest BCUT2D eigenvalue weighted by Gasteiger charge is -2.30.